The number of halogens is 5. The Morgan fingerprint density at radius 3 is 2.16 bits per heavy atom. The van der Waals surface area contributed by atoms with E-state index in [0.29, 0.717) is 0 Å². The summed E-state index contributed by atoms with van der Waals surface area (Å²) in [6.07, 6.45) is 0. The van der Waals surface area contributed by atoms with Crippen molar-refractivity contribution < 1.29 is 22.3 Å². The van der Waals surface area contributed by atoms with Crippen LogP contribution >= 0.6 is 15.9 Å². The highest BCUT2D eigenvalue weighted by atomic mass is 79.9. The van der Waals surface area contributed by atoms with Crippen LogP contribution in [-0.4, -0.2) is 0 Å². The van der Waals surface area contributed by atoms with E-state index >= 15 is 0 Å². The molecule has 0 spiro atoms. The van der Waals surface area contributed by atoms with Crippen molar-refractivity contribution in [1.82, 2.24) is 0 Å². The Kier molecular flexibility index (Phi) is 4.09. The minimum Gasteiger partial charge on any atom is -0.483 e. The quantitative estimate of drug-likeness (QED) is 0.589. The lowest BCUT2D eigenvalue weighted by molar-refractivity contribution is 0.263. The molecule has 6 heteroatoms. The zero-order valence-corrected chi connectivity index (χ0v) is 11.0. The molecule has 2 aromatic rings. The lowest BCUT2D eigenvalue weighted by atomic mass is 10.2. The third-order valence-electron chi connectivity index (χ3n) is 2.42. The molecule has 0 amide bonds. The first-order chi connectivity index (χ1) is 9.00. The summed E-state index contributed by atoms with van der Waals surface area (Å²) in [5, 5.41) is 0. The molecule has 1 nitrogen and oxygen atoms in total. The summed E-state index contributed by atoms with van der Waals surface area (Å²) in [5.41, 5.74) is -0.406. The van der Waals surface area contributed by atoms with Crippen molar-refractivity contribution in [2.24, 2.45) is 0 Å². The molecule has 0 atom stereocenters. The molecule has 19 heavy (non-hydrogen) atoms. The number of ether oxygens (including phenoxy) is 1. The summed E-state index contributed by atoms with van der Waals surface area (Å²) in [6, 6.07) is 5.37. The van der Waals surface area contributed by atoms with E-state index in [9.17, 15) is 17.6 Å². The van der Waals surface area contributed by atoms with E-state index in [0.717, 1.165) is 24.3 Å². The van der Waals surface area contributed by atoms with Crippen LogP contribution < -0.4 is 4.74 Å². The Morgan fingerprint density at radius 1 is 0.895 bits per heavy atom. The Balaban J connectivity index is 2.27. The zero-order valence-electron chi connectivity index (χ0n) is 9.39. The second-order valence-electron chi connectivity index (χ2n) is 3.66. The van der Waals surface area contributed by atoms with Crippen molar-refractivity contribution in [2.45, 2.75) is 6.61 Å². The van der Waals surface area contributed by atoms with E-state index in [4.69, 9.17) is 4.74 Å². The molecule has 2 aromatic carbocycles. The average molecular weight is 335 g/mol. The topological polar surface area (TPSA) is 9.23 Å². The molecule has 2 rings (SSSR count). The first-order valence-corrected chi connectivity index (χ1v) is 5.99. The largest absolute Gasteiger partial charge is 0.483 e. The number of hydrogen-bond acceptors (Lipinski definition) is 1. The van der Waals surface area contributed by atoms with E-state index in [1.54, 1.807) is 0 Å². The Labute approximate surface area is 114 Å². The van der Waals surface area contributed by atoms with Crippen LogP contribution in [0, 0.1) is 23.3 Å². The minimum atomic E-state index is -0.934. The maximum absolute atomic E-state index is 13.6. The van der Waals surface area contributed by atoms with Gasteiger partial charge in [0.05, 0.1) is 10.0 Å². The van der Waals surface area contributed by atoms with Crippen LogP contribution in [0.1, 0.15) is 5.56 Å². The predicted octanol–water partition coefficient (Wildman–Crippen LogP) is 4.58. The van der Waals surface area contributed by atoms with Crippen LogP contribution in [0.4, 0.5) is 17.6 Å². The highest BCUT2D eigenvalue weighted by molar-refractivity contribution is 9.10. The van der Waals surface area contributed by atoms with Crippen LogP contribution in [0.2, 0.25) is 0 Å². The second kappa shape index (κ2) is 5.61. The van der Waals surface area contributed by atoms with Gasteiger partial charge in [0.1, 0.15) is 18.2 Å². The van der Waals surface area contributed by atoms with Gasteiger partial charge in [0.25, 0.3) is 0 Å². The standard InChI is InChI=1S/C13H7BrF4O/c14-8-4-5-9(15)7(12(8)18)6-19-13-10(16)2-1-3-11(13)17/h1-5H,6H2. The van der Waals surface area contributed by atoms with Crippen LogP contribution in [0.3, 0.4) is 0 Å². The lowest BCUT2D eigenvalue weighted by Crippen LogP contribution is -2.05. The van der Waals surface area contributed by atoms with Crippen LogP contribution in [0.15, 0.2) is 34.8 Å². The third kappa shape index (κ3) is 2.89. The molecule has 0 fully saturated rings. The summed E-state index contributed by atoms with van der Waals surface area (Å²) >= 11 is 2.89. The molecule has 0 heterocycles. The lowest BCUT2D eigenvalue weighted by Gasteiger charge is -2.10. The van der Waals surface area contributed by atoms with Gasteiger partial charge in [0.2, 0.25) is 0 Å². The van der Waals surface area contributed by atoms with Crippen molar-refractivity contribution >= 4 is 15.9 Å². The monoisotopic (exact) mass is 334 g/mol. The van der Waals surface area contributed by atoms with Gasteiger partial charge in [-0.2, -0.15) is 0 Å². The van der Waals surface area contributed by atoms with Crippen molar-refractivity contribution in [2.75, 3.05) is 0 Å². The molecule has 0 unspecified atom stereocenters. The summed E-state index contributed by atoms with van der Waals surface area (Å²) in [4.78, 5) is 0. The van der Waals surface area contributed by atoms with Crippen LogP contribution in [0.5, 0.6) is 5.75 Å². The van der Waals surface area contributed by atoms with Crippen molar-refractivity contribution in [3.8, 4) is 5.75 Å². The number of para-hydroxylation sites is 1. The van der Waals surface area contributed by atoms with E-state index in [-0.39, 0.29) is 4.47 Å². The molecule has 0 saturated heterocycles. The fourth-order valence-corrected chi connectivity index (χ4v) is 1.84. The molecule has 0 N–H and O–H groups in total. The smallest absolute Gasteiger partial charge is 0.191 e. The maximum Gasteiger partial charge on any atom is 0.191 e. The van der Waals surface area contributed by atoms with Gasteiger partial charge >= 0.3 is 0 Å². The van der Waals surface area contributed by atoms with Gasteiger partial charge in [-0.3, -0.25) is 0 Å². The van der Waals surface area contributed by atoms with E-state index in [1.807, 2.05) is 0 Å². The third-order valence-corrected chi connectivity index (χ3v) is 3.03. The minimum absolute atomic E-state index is 0.0431. The van der Waals surface area contributed by atoms with Gasteiger partial charge in [-0.25, -0.2) is 17.6 Å². The zero-order chi connectivity index (χ0) is 14.0. The van der Waals surface area contributed by atoms with Gasteiger partial charge in [-0.05, 0) is 40.2 Å². The number of rotatable bonds is 3. The van der Waals surface area contributed by atoms with E-state index in [1.165, 1.54) is 6.07 Å². The highest BCUT2D eigenvalue weighted by Gasteiger charge is 2.15. The Morgan fingerprint density at radius 2 is 1.53 bits per heavy atom. The summed E-state index contributed by atoms with van der Waals surface area (Å²) in [5.74, 6) is -4.25. The molecule has 0 aliphatic rings. The molecular weight excluding hydrogens is 328 g/mol. The molecule has 0 saturated carbocycles. The molecule has 0 bridgehead atoms. The van der Waals surface area contributed by atoms with E-state index < -0.39 is 41.2 Å². The molecule has 0 radical (unpaired) electrons. The first-order valence-electron chi connectivity index (χ1n) is 5.20. The van der Waals surface area contributed by atoms with E-state index in [2.05, 4.69) is 15.9 Å². The maximum atomic E-state index is 13.6. The predicted molar refractivity (Wildman–Crippen MR) is 64.7 cm³/mol. The molecule has 0 aromatic heterocycles. The SMILES string of the molecule is Fc1ccc(Br)c(F)c1COc1c(F)cccc1F. The van der Waals surface area contributed by atoms with Gasteiger partial charge in [-0.1, -0.05) is 6.07 Å². The van der Waals surface area contributed by atoms with Crippen LogP contribution in [0.25, 0.3) is 0 Å². The van der Waals surface area contributed by atoms with Gasteiger partial charge in [0, 0.05) is 0 Å². The number of benzene rings is 2. The molecule has 100 valence electrons. The Hall–Kier alpha value is -1.56. The first kappa shape index (κ1) is 13.9. The van der Waals surface area contributed by atoms with Crippen molar-refractivity contribution in [3.05, 3.63) is 63.6 Å². The van der Waals surface area contributed by atoms with Gasteiger partial charge in [-0.15, -0.1) is 0 Å². The Bertz CT molecular complexity index is 596. The highest BCUT2D eigenvalue weighted by Crippen LogP contribution is 2.25. The summed E-state index contributed by atoms with van der Waals surface area (Å²) < 4.78 is 58.4. The summed E-state index contributed by atoms with van der Waals surface area (Å²) in [7, 11) is 0. The average Bonchev–Trinajstić information content (AvgIpc) is 2.37. The summed E-state index contributed by atoms with van der Waals surface area (Å²) in [6.45, 7) is -0.616. The van der Waals surface area contributed by atoms with Crippen molar-refractivity contribution in [3.63, 3.8) is 0 Å². The number of hydrogen-bond donors (Lipinski definition) is 0. The van der Waals surface area contributed by atoms with Gasteiger partial charge < -0.3 is 4.74 Å². The van der Waals surface area contributed by atoms with Crippen LogP contribution in [-0.2, 0) is 6.61 Å². The van der Waals surface area contributed by atoms with Gasteiger partial charge in [0.15, 0.2) is 17.4 Å². The normalized spacial score (nSPS) is 10.6. The molecule has 0 aliphatic carbocycles. The van der Waals surface area contributed by atoms with Crippen molar-refractivity contribution in [1.29, 1.82) is 0 Å². The fourth-order valence-electron chi connectivity index (χ4n) is 1.47. The second-order valence-corrected chi connectivity index (χ2v) is 4.52. The molecular formula is C13H7BrF4O. The molecule has 0 aliphatic heterocycles. The fraction of sp³-hybridized carbons (Fsp3) is 0.0769.